The number of nitrogens with zero attached hydrogens (tertiary/aromatic N) is 1. The van der Waals surface area contributed by atoms with Crippen LogP contribution in [0.1, 0.15) is 43.0 Å². The minimum Gasteiger partial charge on any atom is -0.317 e. The zero-order valence-corrected chi connectivity index (χ0v) is 12.3. The van der Waals surface area contributed by atoms with Gasteiger partial charge in [-0.1, -0.05) is 6.92 Å². The number of piperidine rings is 1. The van der Waals surface area contributed by atoms with Gasteiger partial charge in [0, 0.05) is 29.5 Å². The fraction of sp³-hybridized carbons (Fsp3) is 0.733. The molecule has 0 aromatic carbocycles. The van der Waals surface area contributed by atoms with Crippen molar-refractivity contribution in [2.24, 2.45) is 0 Å². The maximum absolute atomic E-state index is 3.48. The molecule has 1 aromatic rings. The normalized spacial score (nSPS) is 32.0. The molecule has 2 atom stereocenters. The van der Waals surface area contributed by atoms with E-state index in [1.54, 1.807) is 10.4 Å². The molecular weight excluding hydrogens is 240 g/mol. The lowest BCUT2D eigenvalue weighted by atomic mass is 9.97. The molecule has 0 radical (unpaired) electrons. The molecule has 2 aliphatic heterocycles. The Kier molecular flexibility index (Phi) is 3.73. The molecule has 0 amide bonds. The third kappa shape index (κ3) is 2.24. The van der Waals surface area contributed by atoms with Gasteiger partial charge in [0.1, 0.15) is 0 Å². The second-order valence-corrected chi connectivity index (χ2v) is 6.74. The Morgan fingerprint density at radius 2 is 2.06 bits per heavy atom. The molecule has 0 saturated carbocycles. The molecule has 0 aliphatic carbocycles. The summed E-state index contributed by atoms with van der Waals surface area (Å²) in [5, 5.41) is 5.74. The van der Waals surface area contributed by atoms with Crippen molar-refractivity contribution < 1.29 is 0 Å². The van der Waals surface area contributed by atoms with E-state index in [1.807, 2.05) is 11.3 Å². The number of hydrogen-bond donors (Lipinski definition) is 1. The molecule has 2 aliphatic rings. The van der Waals surface area contributed by atoms with Crippen molar-refractivity contribution in [1.82, 2.24) is 10.2 Å². The summed E-state index contributed by atoms with van der Waals surface area (Å²) in [5.74, 6) is 0. The Morgan fingerprint density at radius 1 is 1.33 bits per heavy atom. The maximum Gasteiger partial charge on any atom is 0.0336 e. The molecule has 3 heterocycles. The van der Waals surface area contributed by atoms with Gasteiger partial charge in [0.25, 0.3) is 0 Å². The SMILES string of the molecule is CCc1ccsc1CN1C2CCC1CC(NC)C2. The monoisotopic (exact) mass is 264 g/mol. The number of fused-ring (bicyclic) bond motifs is 2. The molecule has 2 unspecified atom stereocenters. The summed E-state index contributed by atoms with van der Waals surface area (Å²) in [6.07, 6.45) is 6.70. The van der Waals surface area contributed by atoms with Crippen molar-refractivity contribution in [3.05, 3.63) is 21.9 Å². The lowest BCUT2D eigenvalue weighted by molar-refractivity contribution is 0.112. The fourth-order valence-corrected chi connectivity index (χ4v) is 4.74. The molecule has 18 heavy (non-hydrogen) atoms. The van der Waals surface area contributed by atoms with Crippen molar-refractivity contribution in [3.8, 4) is 0 Å². The van der Waals surface area contributed by atoms with E-state index in [-0.39, 0.29) is 0 Å². The minimum atomic E-state index is 0.757. The summed E-state index contributed by atoms with van der Waals surface area (Å²) < 4.78 is 0. The third-order valence-corrected chi connectivity index (χ3v) is 5.79. The zero-order valence-electron chi connectivity index (χ0n) is 11.5. The Balaban J connectivity index is 1.71. The zero-order chi connectivity index (χ0) is 12.5. The van der Waals surface area contributed by atoms with Gasteiger partial charge in [0.2, 0.25) is 0 Å². The van der Waals surface area contributed by atoms with Crippen molar-refractivity contribution >= 4 is 11.3 Å². The number of rotatable bonds is 4. The van der Waals surface area contributed by atoms with E-state index in [0.29, 0.717) is 0 Å². The average Bonchev–Trinajstić information content (AvgIpc) is 2.92. The highest BCUT2D eigenvalue weighted by atomic mass is 32.1. The highest BCUT2D eigenvalue weighted by Crippen LogP contribution is 2.37. The molecule has 1 aromatic heterocycles. The van der Waals surface area contributed by atoms with Crippen LogP contribution in [0.3, 0.4) is 0 Å². The Hall–Kier alpha value is -0.380. The van der Waals surface area contributed by atoms with Crippen molar-refractivity contribution in [2.75, 3.05) is 7.05 Å². The first-order chi connectivity index (χ1) is 8.81. The highest BCUT2D eigenvalue weighted by Gasteiger charge is 2.40. The Bertz CT molecular complexity index is 387. The van der Waals surface area contributed by atoms with Crippen LogP contribution in [0.5, 0.6) is 0 Å². The topological polar surface area (TPSA) is 15.3 Å². The molecule has 1 N–H and O–H groups in total. The molecule has 100 valence electrons. The van der Waals surface area contributed by atoms with Gasteiger partial charge in [-0.25, -0.2) is 0 Å². The molecular formula is C15H24N2S. The van der Waals surface area contributed by atoms with Gasteiger partial charge in [-0.05, 0) is 56.2 Å². The van der Waals surface area contributed by atoms with E-state index in [1.165, 1.54) is 38.6 Å². The summed E-state index contributed by atoms with van der Waals surface area (Å²) in [6, 6.07) is 4.72. The van der Waals surface area contributed by atoms with E-state index in [2.05, 4.69) is 35.6 Å². The van der Waals surface area contributed by atoms with Crippen LogP contribution in [-0.2, 0) is 13.0 Å². The summed E-state index contributed by atoms with van der Waals surface area (Å²) >= 11 is 1.95. The number of aryl methyl sites for hydroxylation is 1. The van der Waals surface area contributed by atoms with E-state index in [9.17, 15) is 0 Å². The summed E-state index contributed by atoms with van der Waals surface area (Å²) in [6.45, 7) is 3.47. The van der Waals surface area contributed by atoms with Crippen LogP contribution >= 0.6 is 11.3 Å². The quantitative estimate of drug-likeness (QED) is 0.899. The first kappa shape index (κ1) is 12.6. The van der Waals surface area contributed by atoms with E-state index >= 15 is 0 Å². The van der Waals surface area contributed by atoms with Crippen LogP contribution in [-0.4, -0.2) is 30.1 Å². The van der Waals surface area contributed by atoms with Crippen LogP contribution in [0, 0.1) is 0 Å². The van der Waals surface area contributed by atoms with Gasteiger partial charge in [-0.2, -0.15) is 0 Å². The average molecular weight is 264 g/mol. The molecule has 0 spiro atoms. The first-order valence-corrected chi connectivity index (χ1v) is 8.18. The van der Waals surface area contributed by atoms with Crippen molar-refractivity contribution in [3.63, 3.8) is 0 Å². The van der Waals surface area contributed by atoms with Gasteiger partial charge in [-0.15, -0.1) is 11.3 Å². The largest absolute Gasteiger partial charge is 0.317 e. The number of thiophene rings is 1. The van der Waals surface area contributed by atoms with Crippen molar-refractivity contribution in [2.45, 2.75) is 63.7 Å². The Morgan fingerprint density at radius 3 is 2.67 bits per heavy atom. The third-order valence-electron chi connectivity index (χ3n) is 4.84. The van der Waals surface area contributed by atoms with Crippen molar-refractivity contribution in [1.29, 1.82) is 0 Å². The number of hydrogen-bond acceptors (Lipinski definition) is 3. The number of nitrogens with one attached hydrogen (secondary N) is 1. The molecule has 3 rings (SSSR count). The molecule has 3 heteroatoms. The molecule has 2 fully saturated rings. The standard InChI is InChI=1S/C15H24N2S/c1-3-11-6-7-18-15(11)10-17-13-4-5-14(17)9-12(8-13)16-2/h6-7,12-14,16H,3-5,8-10H2,1-2H3. The minimum absolute atomic E-state index is 0.757. The smallest absolute Gasteiger partial charge is 0.0336 e. The van der Waals surface area contributed by atoms with Crippen LogP contribution in [0.25, 0.3) is 0 Å². The second kappa shape index (κ2) is 5.32. The van der Waals surface area contributed by atoms with E-state index in [0.717, 1.165) is 18.1 Å². The summed E-state index contributed by atoms with van der Waals surface area (Å²) in [4.78, 5) is 4.40. The molecule has 2 saturated heterocycles. The summed E-state index contributed by atoms with van der Waals surface area (Å²) in [5.41, 5.74) is 1.56. The van der Waals surface area contributed by atoms with Gasteiger partial charge in [0.05, 0.1) is 0 Å². The second-order valence-electron chi connectivity index (χ2n) is 5.74. The van der Waals surface area contributed by atoms with E-state index in [4.69, 9.17) is 0 Å². The van der Waals surface area contributed by atoms with Gasteiger partial charge >= 0.3 is 0 Å². The summed E-state index contributed by atoms with van der Waals surface area (Å²) in [7, 11) is 2.12. The van der Waals surface area contributed by atoms with Gasteiger partial charge in [-0.3, -0.25) is 4.90 Å². The predicted molar refractivity (Wildman–Crippen MR) is 78.1 cm³/mol. The van der Waals surface area contributed by atoms with Gasteiger partial charge < -0.3 is 5.32 Å². The highest BCUT2D eigenvalue weighted by molar-refractivity contribution is 7.10. The molecule has 2 nitrogen and oxygen atoms in total. The Labute approximate surface area is 114 Å². The van der Waals surface area contributed by atoms with Crippen LogP contribution in [0.4, 0.5) is 0 Å². The lowest BCUT2D eigenvalue weighted by Gasteiger charge is -2.38. The predicted octanol–water partition coefficient (Wildman–Crippen LogP) is 3.03. The molecule has 2 bridgehead atoms. The van der Waals surface area contributed by atoms with Crippen LogP contribution < -0.4 is 5.32 Å². The first-order valence-electron chi connectivity index (χ1n) is 7.30. The van der Waals surface area contributed by atoms with E-state index < -0.39 is 0 Å². The maximum atomic E-state index is 3.48. The van der Waals surface area contributed by atoms with Crippen LogP contribution in [0.2, 0.25) is 0 Å². The van der Waals surface area contributed by atoms with Gasteiger partial charge in [0.15, 0.2) is 0 Å². The lowest BCUT2D eigenvalue weighted by Crippen LogP contribution is -2.47. The fourth-order valence-electron chi connectivity index (χ4n) is 3.75. The van der Waals surface area contributed by atoms with Crippen LogP contribution in [0.15, 0.2) is 11.4 Å².